The molecular formula is C9H10N4OS2. The number of nitrogens with zero attached hydrogens (tertiary/aromatic N) is 2. The van der Waals surface area contributed by atoms with Gasteiger partial charge in [0, 0.05) is 10.8 Å². The first-order valence-corrected chi connectivity index (χ1v) is 6.49. The third-order valence-electron chi connectivity index (χ3n) is 1.83. The van der Waals surface area contributed by atoms with E-state index in [0.717, 1.165) is 11.4 Å². The molecule has 84 valence electrons. The zero-order valence-electron chi connectivity index (χ0n) is 8.34. The first kappa shape index (κ1) is 11.0. The Labute approximate surface area is 101 Å². The SMILES string of the molecule is O=C(NCc1cscn1)NCc1cscn1. The summed E-state index contributed by atoms with van der Waals surface area (Å²) in [6.45, 7) is 0.902. The molecule has 7 heteroatoms. The highest BCUT2D eigenvalue weighted by molar-refractivity contribution is 7.07. The molecule has 0 aliphatic carbocycles. The van der Waals surface area contributed by atoms with Gasteiger partial charge in [0.05, 0.1) is 35.5 Å². The molecule has 2 N–H and O–H groups in total. The number of carbonyl (C=O) groups is 1. The van der Waals surface area contributed by atoms with Crippen molar-refractivity contribution in [3.8, 4) is 0 Å². The number of carbonyl (C=O) groups excluding carboxylic acids is 1. The number of thiazole rings is 2. The van der Waals surface area contributed by atoms with E-state index in [4.69, 9.17) is 0 Å². The van der Waals surface area contributed by atoms with Crippen molar-refractivity contribution >= 4 is 28.7 Å². The number of amides is 2. The van der Waals surface area contributed by atoms with Crippen LogP contribution >= 0.6 is 22.7 Å². The van der Waals surface area contributed by atoms with Crippen LogP contribution in [0.4, 0.5) is 4.79 Å². The molecule has 0 radical (unpaired) electrons. The van der Waals surface area contributed by atoms with E-state index in [1.54, 1.807) is 11.0 Å². The minimum absolute atomic E-state index is 0.207. The second-order valence-corrected chi connectivity index (χ2v) is 4.43. The number of nitrogens with one attached hydrogen (secondary N) is 2. The lowest BCUT2D eigenvalue weighted by Gasteiger charge is -2.04. The van der Waals surface area contributed by atoms with Crippen LogP contribution in [0.3, 0.4) is 0 Å². The molecule has 2 heterocycles. The van der Waals surface area contributed by atoms with E-state index in [9.17, 15) is 4.79 Å². The molecule has 5 nitrogen and oxygen atoms in total. The third-order valence-corrected chi connectivity index (χ3v) is 3.10. The molecule has 0 saturated carbocycles. The van der Waals surface area contributed by atoms with Gasteiger partial charge in [0.25, 0.3) is 0 Å². The summed E-state index contributed by atoms with van der Waals surface area (Å²) < 4.78 is 0. The van der Waals surface area contributed by atoms with Gasteiger partial charge in [-0.25, -0.2) is 14.8 Å². The summed E-state index contributed by atoms with van der Waals surface area (Å²) in [7, 11) is 0. The average Bonchev–Trinajstić information content (AvgIpc) is 2.96. The molecule has 0 aliphatic heterocycles. The van der Waals surface area contributed by atoms with Crippen LogP contribution in [0, 0.1) is 0 Å². The van der Waals surface area contributed by atoms with Crippen molar-refractivity contribution in [2.75, 3.05) is 0 Å². The first-order valence-electron chi connectivity index (χ1n) is 4.60. The monoisotopic (exact) mass is 254 g/mol. The lowest BCUT2D eigenvalue weighted by Crippen LogP contribution is -2.34. The number of aromatic nitrogens is 2. The predicted molar refractivity (Wildman–Crippen MR) is 63.3 cm³/mol. The minimum atomic E-state index is -0.207. The van der Waals surface area contributed by atoms with Gasteiger partial charge in [-0.05, 0) is 0 Å². The van der Waals surface area contributed by atoms with Crippen LogP contribution in [0.1, 0.15) is 11.4 Å². The van der Waals surface area contributed by atoms with Crippen LogP contribution in [0.5, 0.6) is 0 Å². The smallest absolute Gasteiger partial charge is 0.315 e. The summed E-state index contributed by atoms with van der Waals surface area (Å²) in [4.78, 5) is 19.5. The molecule has 0 aromatic carbocycles. The van der Waals surface area contributed by atoms with Gasteiger partial charge in [0.1, 0.15) is 0 Å². The van der Waals surface area contributed by atoms with Crippen molar-refractivity contribution in [1.29, 1.82) is 0 Å². The summed E-state index contributed by atoms with van der Waals surface area (Å²) in [5.41, 5.74) is 5.22. The number of urea groups is 1. The van der Waals surface area contributed by atoms with Crippen LogP contribution in [-0.4, -0.2) is 16.0 Å². The van der Waals surface area contributed by atoms with Crippen LogP contribution in [0.2, 0.25) is 0 Å². The Bertz CT molecular complexity index is 386. The normalized spacial score (nSPS) is 10.0. The van der Waals surface area contributed by atoms with Gasteiger partial charge in [-0.15, -0.1) is 22.7 Å². The van der Waals surface area contributed by atoms with Crippen LogP contribution < -0.4 is 10.6 Å². The standard InChI is InChI=1S/C9H10N4OS2/c14-9(10-1-7-3-15-5-12-7)11-2-8-4-16-6-13-8/h3-6H,1-2H2,(H2,10,11,14). The molecule has 0 unspecified atom stereocenters. The lowest BCUT2D eigenvalue weighted by molar-refractivity contribution is 0.240. The van der Waals surface area contributed by atoms with Crippen LogP contribution in [0.25, 0.3) is 0 Å². The molecule has 2 aromatic rings. The Morgan fingerprint density at radius 2 is 1.56 bits per heavy atom. The maximum atomic E-state index is 11.4. The fraction of sp³-hybridized carbons (Fsp3) is 0.222. The second-order valence-electron chi connectivity index (χ2n) is 3.00. The lowest BCUT2D eigenvalue weighted by atomic mass is 10.5. The Kier molecular flexibility index (Phi) is 3.84. The highest BCUT2D eigenvalue weighted by Gasteiger charge is 2.02. The summed E-state index contributed by atoms with van der Waals surface area (Å²) in [6.07, 6.45) is 0. The molecule has 2 amide bonds. The summed E-state index contributed by atoms with van der Waals surface area (Å²) >= 11 is 3.02. The number of hydrogen-bond acceptors (Lipinski definition) is 5. The Morgan fingerprint density at radius 3 is 1.94 bits per heavy atom. The fourth-order valence-electron chi connectivity index (χ4n) is 1.05. The van der Waals surface area contributed by atoms with Gasteiger partial charge in [0.2, 0.25) is 0 Å². The van der Waals surface area contributed by atoms with E-state index in [-0.39, 0.29) is 6.03 Å². The van der Waals surface area contributed by atoms with Gasteiger partial charge >= 0.3 is 6.03 Å². The second kappa shape index (κ2) is 5.57. The molecule has 0 atom stereocenters. The molecule has 0 fully saturated rings. The fourth-order valence-corrected chi connectivity index (χ4v) is 2.17. The molecule has 0 bridgehead atoms. The largest absolute Gasteiger partial charge is 0.332 e. The van der Waals surface area contributed by atoms with E-state index in [0.29, 0.717) is 13.1 Å². The molecule has 0 saturated heterocycles. The first-order chi connectivity index (χ1) is 7.84. The summed E-state index contributed by atoms with van der Waals surface area (Å²) in [5.74, 6) is 0. The minimum Gasteiger partial charge on any atom is -0.332 e. The van der Waals surface area contributed by atoms with E-state index in [1.165, 1.54) is 22.7 Å². The molecule has 2 aromatic heterocycles. The molecule has 0 aliphatic rings. The van der Waals surface area contributed by atoms with E-state index >= 15 is 0 Å². The van der Waals surface area contributed by atoms with Crippen LogP contribution in [0.15, 0.2) is 21.8 Å². The van der Waals surface area contributed by atoms with Crippen molar-refractivity contribution in [2.24, 2.45) is 0 Å². The van der Waals surface area contributed by atoms with Gasteiger partial charge < -0.3 is 10.6 Å². The average molecular weight is 254 g/mol. The Hall–Kier alpha value is -1.47. The maximum Gasteiger partial charge on any atom is 0.315 e. The maximum absolute atomic E-state index is 11.4. The summed E-state index contributed by atoms with van der Waals surface area (Å²) in [5, 5.41) is 9.24. The Balaban J connectivity index is 1.69. The zero-order chi connectivity index (χ0) is 11.2. The van der Waals surface area contributed by atoms with Crippen molar-refractivity contribution in [2.45, 2.75) is 13.1 Å². The van der Waals surface area contributed by atoms with E-state index in [1.807, 2.05) is 10.8 Å². The molecule has 0 spiro atoms. The predicted octanol–water partition coefficient (Wildman–Crippen LogP) is 1.60. The van der Waals surface area contributed by atoms with E-state index in [2.05, 4.69) is 20.6 Å². The molecule has 2 rings (SSSR count). The van der Waals surface area contributed by atoms with Gasteiger partial charge in [-0.2, -0.15) is 0 Å². The van der Waals surface area contributed by atoms with E-state index < -0.39 is 0 Å². The van der Waals surface area contributed by atoms with Crippen LogP contribution in [-0.2, 0) is 13.1 Å². The molecular weight excluding hydrogens is 244 g/mol. The highest BCUT2D eigenvalue weighted by Crippen LogP contribution is 2.00. The van der Waals surface area contributed by atoms with Gasteiger partial charge in [-0.3, -0.25) is 0 Å². The van der Waals surface area contributed by atoms with Crippen molar-refractivity contribution in [1.82, 2.24) is 20.6 Å². The number of hydrogen-bond donors (Lipinski definition) is 2. The van der Waals surface area contributed by atoms with Crippen molar-refractivity contribution in [3.05, 3.63) is 33.2 Å². The number of rotatable bonds is 4. The quantitative estimate of drug-likeness (QED) is 0.871. The molecule has 16 heavy (non-hydrogen) atoms. The summed E-state index contributed by atoms with van der Waals surface area (Å²) in [6, 6.07) is -0.207. The third kappa shape index (κ3) is 3.28. The topological polar surface area (TPSA) is 66.9 Å². The van der Waals surface area contributed by atoms with Gasteiger partial charge in [0.15, 0.2) is 0 Å². The van der Waals surface area contributed by atoms with Gasteiger partial charge in [-0.1, -0.05) is 0 Å². The van der Waals surface area contributed by atoms with Crippen molar-refractivity contribution in [3.63, 3.8) is 0 Å². The van der Waals surface area contributed by atoms with Crippen molar-refractivity contribution < 1.29 is 4.79 Å². The zero-order valence-corrected chi connectivity index (χ0v) is 9.98. The Morgan fingerprint density at radius 1 is 1.06 bits per heavy atom. The highest BCUT2D eigenvalue weighted by atomic mass is 32.1.